The molecule has 2 aromatic carbocycles. The van der Waals surface area contributed by atoms with E-state index in [1.165, 1.54) is 30.7 Å². The number of nitrogens with zero attached hydrogens (tertiary/aromatic N) is 2. The lowest BCUT2D eigenvalue weighted by molar-refractivity contribution is -0.123. The predicted molar refractivity (Wildman–Crippen MR) is 112 cm³/mol. The summed E-state index contributed by atoms with van der Waals surface area (Å²) in [6.07, 6.45) is 0.288. The smallest absolute Gasteiger partial charge is 0.339 e. The zero-order valence-electron chi connectivity index (χ0n) is 16.1. The first-order valence-corrected chi connectivity index (χ1v) is 9.86. The maximum Gasteiger partial charge on any atom is 0.339 e. The molecule has 4 rings (SSSR count). The van der Waals surface area contributed by atoms with Gasteiger partial charge in [0, 0.05) is 10.9 Å². The summed E-state index contributed by atoms with van der Waals surface area (Å²) in [6.45, 7) is 1.50. The largest absolute Gasteiger partial charge is 0.497 e. The molecule has 0 aliphatic carbocycles. The van der Waals surface area contributed by atoms with Crippen molar-refractivity contribution in [1.29, 1.82) is 0 Å². The molecule has 1 unspecified atom stereocenters. The second kappa shape index (κ2) is 8.34. The number of aromatic nitrogens is 2. The number of methoxy groups -OCH3 is 1. The molecule has 4 aromatic rings. The molecule has 1 amide bonds. The van der Waals surface area contributed by atoms with Gasteiger partial charge in [0.05, 0.1) is 18.4 Å². The van der Waals surface area contributed by atoms with Crippen LogP contribution in [0.4, 0.5) is 5.13 Å². The zero-order valence-corrected chi connectivity index (χ0v) is 16.9. The van der Waals surface area contributed by atoms with Crippen LogP contribution in [-0.2, 0) is 9.53 Å². The van der Waals surface area contributed by atoms with E-state index in [-0.39, 0.29) is 5.56 Å². The van der Waals surface area contributed by atoms with Crippen molar-refractivity contribution in [3.05, 3.63) is 59.8 Å². The molecule has 2 aromatic heterocycles. The first kappa shape index (κ1) is 19.6. The van der Waals surface area contributed by atoms with E-state index in [2.05, 4.69) is 15.3 Å². The van der Waals surface area contributed by atoms with Gasteiger partial charge in [-0.05, 0) is 37.3 Å². The van der Waals surface area contributed by atoms with Gasteiger partial charge in [-0.15, -0.1) is 11.3 Å². The van der Waals surface area contributed by atoms with Crippen molar-refractivity contribution in [2.45, 2.75) is 13.0 Å². The van der Waals surface area contributed by atoms with Gasteiger partial charge in [0.1, 0.15) is 11.3 Å². The summed E-state index contributed by atoms with van der Waals surface area (Å²) in [4.78, 5) is 33.2. The first-order chi connectivity index (χ1) is 14.5. The molecule has 0 bridgehead atoms. The quantitative estimate of drug-likeness (QED) is 0.465. The molecule has 1 N–H and O–H groups in total. The van der Waals surface area contributed by atoms with Crippen LogP contribution in [0.3, 0.4) is 0 Å². The first-order valence-electron chi connectivity index (χ1n) is 8.98. The van der Waals surface area contributed by atoms with Gasteiger partial charge in [-0.25, -0.2) is 14.8 Å². The van der Waals surface area contributed by atoms with E-state index in [4.69, 9.17) is 13.9 Å². The van der Waals surface area contributed by atoms with Gasteiger partial charge >= 0.3 is 5.97 Å². The third kappa shape index (κ3) is 4.15. The number of carbonyl (C=O) groups is 2. The molecule has 152 valence electrons. The topological polar surface area (TPSA) is 104 Å². The third-order valence-corrected chi connectivity index (χ3v) is 5.08. The monoisotopic (exact) mass is 423 g/mol. The second-order valence-electron chi connectivity index (χ2n) is 6.34. The maximum atomic E-state index is 12.4. The van der Waals surface area contributed by atoms with E-state index in [1.807, 2.05) is 29.6 Å². The minimum atomic E-state index is -1.01. The summed E-state index contributed by atoms with van der Waals surface area (Å²) in [7, 11) is 1.60. The summed E-state index contributed by atoms with van der Waals surface area (Å²) in [5.41, 5.74) is 2.95. The molecule has 1 atom stereocenters. The number of nitrogens with one attached hydrogen (secondary N) is 1. The van der Waals surface area contributed by atoms with Crippen LogP contribution in [-0.4, -0.2) is 35.1 Å². The van der Waals surface area contributed by atoms with Crippen LogP contribution in [0.25, 0.3) is 22.4 Å². The summed E-state index contributed by atoms with van der Waals surface area (Å²) < 4.78 is 15.7. The fourth-order valence-corrected chi connectivity index (χ4v) is 3.44. The lowest BCUT2D eigenvalue weighted by Gasteiger charge is -2.12. The minimum absolute atomic E-state index is 0.272. The number of rotatable bonds is 6. The Labute approximate surface area is 175 Å². The van der Waals surface area contributed by atoms with Crippen LogP contribution < -0.4 is 10.1 Å². The van der Waals surface area contributed by atoms with Crippen LogP contribution >= 0.6 is 11.3 Å². The molecular weight excluding hydrogens is 406 g/mol. The summed E-state index contributed by atoms with van der Waals surface area (Å²) in [5, 5.41) is 4.91. The number of anilines is 1. The average molecular weight is 423 g/mol. The van der Waals surface area contributed by atoms with Crippen molar-refractivity contribution < 1.29 is 23.5 Å². The molecule has 0 aliphatic heterocycles. The molecule has 0 saturated carbocycles. The highest BCUT2D eigenvalue weighted by Crippen LogP contribution is 2.27. The van der Waals surface area contributed by atoms with Gasteiger partial charge in [-0.2, -0.15) is 0 Å². The number of carbonyl (C=O) groups excluding carboxylic acids is 2. The molecule has 0 fully saturated rings. The Morgan fingerprint density at radius 1 is 1.20 bits per heavy atom. The normalized spacial score (nSPS) is 11.8. The summed E-state index contributed by atoms with van der Waals surface area (Å²) >= 11 is 1.28. The number of oxazole rings is 1. The van der Waals surface area contributed by atoms with Gasteiger partial charge in [-0.1, -0.05) is 12.1 Å². The van der Waals surface area contributed by atoms with Gasteiger partial charge in [0.15, 0.2) is 23.2 Å². The Bertz CT molecular complexity index is 1220. The second-order valence-corrected chi connectivity index (χ2v) is 7.20. The highest BCUT2D eigenvalue weighted by molar-refractivity contribution is 7.14. The standard InChI is InChI=1S/C21H17N3O5S/c1-12(29-20(26)14-6-7-16-18(9-14)28-11-22-16)19(25)24-21-23-17(10-30-21)13-4-3-5-15(8-13)27-2/h3-12H,1-2H3,(H,23,24,25). The van der Waals surface area contributed by atoms with Crippen LogP contribution in [0, 0.1) is 0 Å². The Balaban J connectivity index is 1.39. The van der Waals surface area contributed by atoms with E-state index in [1.54, 1.807) is 19.2 Å². The van der Waals surface area contributed by atoms with Crippen molar-refractivity contribution in [2.75, 3.05) is 12.4 Å². The van der Waals surface area contributed by atoms with Gasteiger partial charge in [0.2, 0.25) is 0 Å². The minimum Gasteiger partial charge on any atom is -0.497 e. The van der Waals surface area contributed by atoms with Gasteiger partial charge in [-0.3, -0.25) is 10.1 Å². The number of fused-ring (bicyclic) bond motifs is 1. The van der Waals surface area contributed by atoms with E-state index < -0.39 is 18.0 Å². The number of thiazole rings is 1. The molecule has 0 radical (unpaired) electrons. The van der Waals surface area contributed by atoms with Crippen molar-refractivity contribution in [3.8, 4) is 17.0 Å². The molecule has 9 heteroatoms. The molecule has 0 spiro atoms. The number of esters is 1. The van der Waals surface area contributed by atoms with Crippen LogP contribution in [0.2, 0.25) is 0 Å². The Morgan fingerprint density at radius 3 is 2.90 bits per heavy atom. The van der Waals surface area contributed by atoms with Crippen molar-refractivity contribution in [3.63, 3.8) is 0 Å². The molecule has 30 heavy (non-hydrogen) atoms. The SMILES string of the molecule is COc1cccc(-c2csc(NC(=O)C(C)OC(=O)c3ccc4ncoc4c3)n2)c1. The highest BCUT2D eigenvalue weighted by Gasteiger charge is 2.21. The lowest BCUT2D eigenvalue weighted by Crippen LogP contribution is -2.29. The van der Waals surface area contributed by atoms with E-state index >= 15 is 0 Å². The third-order valence-electron chi connectivity index (χ3n) is 4.32. The van der Waals surface area contributed by atoms with Crippen LogP contribution in [0.5, 0.6) is 5.75 Å². The van der Waals surface area contributed by atoms with Crippen molar-refractivity contribution in [1.82, 2.24) is 9.97 Å². The van der Waals surface area contributed by atoms with Crippen LogP contribution in [0.15, 0.2) is 58.7 Å². The Morgan fingerprint density at radius 2 is 2.07 bits per heavy atom. The van der Waals surface area contributed by atoms with Crippen LogP contribution in [0.1, 0.15) is 17.3 Å². The number of ether oxygens (including phenoxy) is 2. The fraction of sp³-hybridized carbons (Fsp3) is 0.143. The number of hydrogen-bond acceptors (Lipinski definition) is 8. The van der Waals surface area contributed by atoms with Gasteiger partial charge < -0.3 is 13.9 Å². The fourth-order valence-electron chi connectivity index (χ4n) is 2.72. The molecule has 0 saturated heterocycles. The van der Waals surface area contributed by atoms with E-state index in [0.717, 1.165) is 11.3 Å². The van der Waals surface area contributed by atoms with Gasteiger partial charge in [0.25, 0.3) is 5.91 Å². The molecular formula is C21H17N3O5S. The molecule has 0 aliphatic rings. The summed E-state index contributed by atoms with van der Waals surface area (Å²) in [5.74, 6) is -0.391. The Kier molecular flexibility index (Phi) is 5.44. The highest BCUT2D eigenvalue weighted by atomic mass is 32.1. The molecule has 8 nitrogen and oxygen atoms in total. The lowest BCUT2D eigenvalue weighted by atomic mass is 10.2. The van der Waals surface area contributed by atoms with E-state index in [9.17, 15) is 9.59 Å². The number of amides is 1. The van der Waals surface area contributed by atoms with Crippen molar-refractivity contribution >= 4 is 39.4 Å². The zero-order chi connectivity index (χ0) is 21.1. The van der Waals surface area contributed by atoms with E-state index in [0.29, 0.717) is 21.9 Å². The number of benzene rings is 2. The van der Waals surface area contributed by atoms with Crippen molar-refractivity contribution in [2.24, 2.45) is 0 Å². The average Bonchev–Trinajstić information content (AvgIpc) is 3.42. The maximum absolute atomic E-state index is 12.4. The Hall–Kier alpha value is -3.72. The number of hydrogen-bond donors (Lipinski definition) is 1. The summed E-state index contributed by atoms with van der Waals surface area (Å²) in [6, 6.07) is 12.2. The predicted octanol–water partition coefficient (Wildman–Crippen LogP) is 4.14. The molecule has 2 heterocycles.